The molecule has 0 unspecified atom stereocenters. The maximum absolute atomic E-state index is 13.1. The van der Waals surface area contributed by atoms with Gasteiger partial charge in [0.05, 0.1) is 10.6 Å². The molecule has 7 nitrogen and oxygen atoms in total. The largest absolute Gasteiger partial charge is 0.296 e. The Morgan fingerprint density at radius 2 is 1.71 bits per heavy atom. The van der Waals surface area contributed by atoms with Crippen molar-refractivity contribution in [2.75, 3.05) is 10.0 Å². The summed E-state index contributed by atoms with van der Waals surface area (Å²) in [4.78, 5) is 12.9. The molecule has 0 aliphatic rings. The van der Waals surface area contributed by atoms with E-state index in [4.69, 9.17) is 0 Å². The monoisotopic (exact) mass is 524 g/mol. The van der Waals surface area contributed by atoms with Gasteiger partial charge in [-0.25, -0.2) is 8.42 Å². The third kappa shape index (κ3) is 6.27. The fourth-order valence-corrected chi connectivity index (χ4v) is 6.47. The van der Waals surface area contributed by atoms with Crippen LogP contribution in [0.4, 0.5) is 10.8 Å². The summed E-state index contributed by atoms with van der Waals surface area (Å²) in [6, 6.07) is 20.1. The highest BCUT2D eigenvalue weighted by atomic mass is 32.2. The van der Waals surface area contributed by atoms with Gasteiger partial charge < -0.3 is 0 Å². The van der Waals surface area contributed by atoms with Crippen molar-refractivity contribution in [1.82, 2.24) is 10.2 Å². The van der Waals surface area contributed by atoms with Gasteiger partial charge in [-0.1, -0.05) is 77.2 Å². The van der Waals surface area contributed by atoms with Crippen LogP contribution in [0, 0.1) is 20.8 Å². The van der Waals surface area contributed by atoms with E-state index in [1.165, 1.54) is 34.7 Å². The SMILES string of the molecule is Cc1ccc(NS(=O)(=O)c2cc(C(=O)Nc3nnc(SCc4ccccc4)s3)ccc2C)c(C)c1. The zero-order valence-corrected chi connectivity index (χ0v) is 21.9. The normalized spacial score (nSPS) is 11.3. The molecule has 4 rings (SSSR count). The van der Waals surface area contributed by atoms with Crippen LogP contribution in [-0.4, -0.2) is 24.5 Å². The van der Waals surface area contributed by atoms with Gasteiger partial charge in [0.2, 0.25) is 5.13 Å². The van der Waals surface area contributed by atoms with E-state index in [0.717, 1.165) is 21.2 Å². The molecule has 0 spiro atoms. The fourth-order valence-electron chi connectivity index (χ4n) is 3.37. The number of aryl methyl sites for hydroxylation is 3. The maximum Gasteiger partial charge on any atom is 0.262 e. The van der Waals surface area contributed by atoms with Crippen molar-refractivity contribution in [3.05, 3.63) is 94.5 Å². The fraction of sp³-hybridized carbons (Fsp3) is 0.160. The van der Waals surface area contributed by atoms with E-state index in [1.54, 1.807) is 25.1 Å². The van der Waals surface area contributed by atoms with Crippen LogP contribution in [0.3, 0.4) is 0 Å². The Hall–Kier alpha value is -3.21. The first-order valence-corrected chi connectivity index (χ1v) is 14.0. The number of thioether (sulfide) groups is 1. The number of benzene rings is 3. The van der Waals surface area contributed by atoms with Gasteiger partial charge in [0.1, 0.15) is 0 Å². The molecule has 1 amide bonds. The summed E-state index contributed by atoms with van der Waals surface area (Å²) in [5, 5.41) is 11.2. The smallest absolute Gasteiger partial charge is 0.262 e. The average Bonchev–Trinajstić information content (AvgIpc) is 3.27. The summed E-state index contributed by atoms with van der Waals surface area (Å²) >= 11 is 2.80. The van der Waals surface area contributed by atoms with Crippen molar-refractivity contribution in [2.24, 2.45) is 0 Å². The molecule has 0 fully saturated rings. The number of amides is 1. The Morgan fingerprint density at radius 3 is 2.46 bits per heavy atom. The van der Waals surface area contributed by atoms with E-state index in [1.807, 2.05) is 56.3 Å². The van der Waals surface area contributed by atoms with Crippen molar-refractivity contribution in [1.29, 1.82) is 0 Å². The first kappa shape index (κ1) is 24.9. The van der Waals surface area contributed by atoms with Gasteiger partial charge in [-0.3, -0.25) is 14.8 Å². The summed E-state index contributed by atoms with van der Waals surface area (Å²) in [7, 11) is -3.90. The van der Waals surface area contributed by atoms with E-state index in [2.05, 4.69) is 20.2 Å². The third-order valence-corrected chi connectivity index (χ3v) is 8.75. The van der Waals surface area contributed by atoms with Crippen LogP contribution in [0.5, 0.6) is 0 Å². The summed E-state index contributed by atoms with van der Waals surface area (Å²) in [5.41, 5.74) is 4.27. The molecule has 3 aromatic carbocycles. The molecule has 35 heavy (non-hydrogen) atoms. The Kier molecular flexibility index (Phi) is 7.54. The highest BCUT2D eigenvalue weighted by molar-refractivity contribution is 8.00. The predicted octanol–water partition coefficient (Wildman–Crippen LogP) is 5.81. The zero-order valence-electron chi connectivity index (χ0n) is 19.4. The zero-order chi connectivity index (χ0) is 25.0. The van der Waals surface area contributed by atoms with Crippen molar-refractivity contribution in [2.45, 2.75) is 35.8 Å². The van der Waals surface area contributed by atoms with Crippen molar-refractivity contribution in [3.63, 3.8) is 0 Å². The van der Waals surface area contributed by atoms with Gasteiger partial charge in [-0.05, 0) is 55.7 Å². The van der Waals surface area contributed by atoms with Gasteiger partial charge in [-0.15, -0.1) is 10.2 Å². The maximum atomic E-state index is 13.1. The van der Waals surface area contributed by atoms with E-state index < -0.39 is 15.9 Å². The number of sulfonamides is 1. The molecule has 10 heteroatoms. The number of hydrogen-bond acceptors (Lipinski definition) is 7. The second-order valence-electron chi connectivity index (χ2n) is 8.01. The number of carbonyl (C=O) groups is 1. The number of hydrogen-bond donors (Lipinski definition) is 2. The molecule has 0 saturated carbocycles. The molecule has 0 radical (unpaired) electrons. The van der Waals surface area contributed by atoms with Crippen molar-refractivity contribution < 1.29 is 13.2 Å². The lowest BCUT2D eigenvalue weighted by Crippen LogP contribution is -2.17. The van der Waals surface area contributed by atoms with E-state index in [0.29, 0.717) is 16.4 Å². The highest BCUT2D eigenvalue weighted by Gasteiger charge is 2.21. The second-order valence-corrected chi connectivity index (χ2v) is 11.9. The highest BCUT2D eigenvalue weighted by Crippen LogP contribution is 2.29. The Bertz CT molecular complexity index is 1470. The van der Waals surface area contributed by atoms with Crippen LogP contribution in [0.25, 0.3) is 0 Å². The van der Waals surface area contributed by atoms with E-state index in [-0.39, 0.29) is 10.5 Å². The van der Waals surface area contributed by atoms with Crippen LogP contribution in [0.2, 0.25) is 0 Å². The third-order valence-electron chi connectivity index (χ3n) is 5.20. The summed E-state index contributed by atoms with van der Waals surface area (Å²) in [5.74, 6) is 0.291. The summed E-state index contributed by atoms with van der Waals surface area (Å²) in [6.07, 6.45) is 0. The molecule has 2 N–H and O–H groups in total. The van der Waals surface area contributed by atoms with Crippen LogP contribution >= 0.6 is 23.1 Å². The first-order chi connectivity index (χ1) is 16.7. The summed E-state index contributed by atoms with van der Waals surface area (Å²) < 4.78 is 29.6. The van der Waals surface area contributed by atoms with Crippen LogP contribution in [0.1, 0.15) is 32.6 Å². The van der Waals surface area contributed by atoms with Crippen LogP contribution in [-0.2, 0) is 15.8 Å². The Balaban J connectivity index is 1.47. The summed E-state index contributed by atoms with van der Waals surface area (Å²) in [6.45, 7) is 5.48. The van der Waals surface area contributed by atoms with Crippen LogP contribution in [0.15, 0.2) is 76.0 Å². The molecule has 0 atom stereocenters. The molecule has 0 aliphatic carbocycles. The molecular weight excluding hydrogens is 501 g/mol. The Labute approximate surface area is 213 Å². The minimum absolute atomic E-state index is 0.0431. The lowest BCUT2D eigenvalue weighted by Gasteiger charge is -2.14. The van der Waals surface area contributed by atoms with Gasteiger partial charge in [0.15, 0.2) is 4.34 Å². The molecule has 180 valence electrons. The van der Waals surface area contributed by atoms with Gasteiger partial charge in [-0.2, -0.15) is 0 Å². The molecular formula is C25H24N4O3S3. The lowest BCUT2D eigenvalue weighted by atomic mass is 10.1. The topological polar surface area (TPSA) is 101 Å². The Morgan fingerprint density at radius 1 is 0.943 bits per heavy atom. The minimum atomic E-state index is -3.90. The molecule has 1 heterocycles. The standard InChI is InChI=1S/C25H24N4O3S3/c1-16-9-12-21(18(3)13-16)29-35(31,32)22-14-20(11-10-17(22)2)23(30)26-24-27-28-25(34-24)33-15-19-7-5-4-6-8-19/h4-14,29H,15H2,1-3H3,(H,26,27,30). The number of aromatic nitrogens is 2. The molecule has 1 aromatic heterocycles. The molecule has 0 aliphatic heterocycles. The molecule has 0 saturated heterocycles. The van der Waals surface area contributed by atoms with Crippen LogP contribution < -0.4 is 10.0 Å². The number of nitrogens with zero attached hydrogens (tertiary/aromatic N) is 2. The van der Waals surface area contributed by atoms with Crippen molar-refractivity contribution in [3.8, 4) is 0 Å². The van der Waals surface area contributed by atoms with Gasteiger partial charge in [0.25, 0.3) is 15.9 Å². The predicted molar refractivity (Wildman–Crippen MR) is 142 cm³/mol. The number of anilines is 2. The minimum Gasteiger partial charge on any atom is -0.296 e. The second kappa shape index (κ2) is 10.6. The van der Waals surface area contributed by atoms with Crippen molar-refractivity contribution >= 4 is 49.8 Å². The quantitative estimate of drug-likeness (QED) is 0.223. The molecule has 4 aromatic rings. The number of rotatable bonds is 8. The van der Waals surface area contributed by atoms with E-state index >= 15 is 0 Å². The van der Waals surface area contributed by atoms with Gasteiger partial charge in [0, 0.05) is 11.3 Å². The first-order valence-electron chi connectivity index (χ1n) is 10.7. The molecule has 0 bridgehead atoms. The lowest BCUT2D eigenvalue weighted by molar-refractivity contribution is 0.102. The number of nitrogens with one attached hydrogen (secondary N) is 2. The van der Waals surface area contributed by atoms with Gasteiger partial charge >= 0.3 is 0 Å². The average molecular weight is 525 g/mol. The van der Waals surface area contributed by atoms with E-state index in [9.17, 15) is 13.2 Å². The number of carbonyl (C=O) groups excluding carboxylic acids is 1.